The predicted octanol–water partition coefficient (Wildman–Crippen LogP) is 3.44. The normalized spacial score (nSPS) is 17.2. The molecule has 0 unspecified atom stereocenters. The molecule has 27 heavy (non-hydrogen) atoms. The fraction of sp³-hybridized carbons (Fsp3) is 0.318. The lowest BCUT2D eigenvalue weighted by Crippen LogP contribution is -2.43. The first-order valence-corrected chi connectivity index (χ1v) is 8.97. The minimum absolute atomic E-state index is 0.0236. The summed E-state index contributed by atoms with van der Waals surface area (Å²) in [6.07, 6.45) is 2.64. The predicted molar refractivity (Wildman–Crippen MR) is 104 cm³/mol. The maximum absolute atomic E-state index is 13.1. The van der Waals surface area contributed by atoms with Crippen molar-refractivity contribution in [2.75, 3.05) is 20.8 Å². The number of hydrogen-bond donors (Lipinski definition) is 1. The molecular weight excluding hydrogens is 342 g/mol. The molecule has 5 heteroatoms. The van der Waals surface area contributed by atoms with E-state index in [0.29, 0.717) is 17.9 Å². The van der Waals surface area contributed by atoms with E-state index in [4.69, 9.17) is 9.47 Å². The summed E-state index contributed by atoms with van der Waals surface area (Å²) in [4.78, 5) is 14.9. The summed E-state index contributed by atoms with van der Waals surface area (Å²) in [5.74, 6) is 1.21. The van der Waals surface area contributed by atoms with Gasteiger partial charge in [0.05, 0.1) is 39.3 Å². The summed E-state index contributed by atoms with van der Waals surface area (Å²) in [7, 11) is 3.18. The third-order valence-corrected chi connectivity index (χ3v) is 5.05. The maximum atomic E-state index is 13.1. The van der Waals surface area contributed by atoms with E-state index >= 15 is 0 Å². The molecule has 0 aliphatic carbocycles. The molecule has 1 heterocycles. The zero-order valence-corrected chi connectivity index (χ0v) is 15.7. The van der Waals surface area contributed by atoms with E-state index in [-0.39, 0.29) is 25.0 Å². The number of hydrogen-bond acceptors (Lipinski definition) is 4. The lowest BCUT2D eigenvalue weighted by molar-refractivity contribution is -0.138. The molecule has 2 aromatic rings. The SMILES string of the molecule is C=CC[C@H]1c2cc(OC)c(OC)cc2CC(=O)N1[C@@H](CO)c1ccccc1. The molecule has 3 rings (SSSR count). The van der Waals surface area contributed by atoms with E-state index < -0.39 is 6.04 Å². The minimum atomic E-state index is -0.412. The van der Waals surface area contributed by atoms with Gasteiger partial charge in [0.15, 0.2) is 11.5 Å². The zero-order valence-electron chi connectivity index (χ0n) is 15.7. The van der Waals surface area contributed by atoms with Crippen molar-refractivity contribution in [1.29, 1.82) is 0 Å². The first kappa shape index (κ1) is 19.0. The van der Waals surface area contributed by atoms with Crippen molar-refractivity contribution in [3.63, 3.8) is 0 Å². The molecule has 5 nitrogen and oxygen atoms in total. The third-order valence-electron chi connectivity index (χ3n) is 5.05. The Labute approximate surface area is 159 Å². The van der Waals surface area contributed by atoms with Crippen LogP contribution in [0.15, 0.2) is 55.1 Å². The van der Waals surface area contributed by atoms with Crippen LogP contribution in [0, 0.1) is 0 Å². The number of rotatable bonds is 7. The van der Waals surface area contributed by atoms with Crippen LogP contribution < -0.4 is 9.47 Å². The summed E-state index contributed by atoms with van der Waals surface area (Å²) >= 11 is 0. The number of nitrogens with zero attached hydrogens (tertiary/aromatic N) is 1. The quantitative estimate of drug-likeness (QED) is 0.762. The average Bonchev–Trinajstić information content (AvgIpc) is 2.70. The summed E-state index contributed by atoms with van der Waals surface area (Å²) in [6, 6.07) is 12.8. The Morgan fingerprint density at radius 2 is 1.89 bits per heavy atom. The third kappa shape index (κ3) is 3.55. The second kappa shape index (κ2) is 8.27. The molecule has 0 bridgehead atoms. The number of fused-ring (bicyclic) bond motifs is 1. The molecule has 2 aromatic carbocycles. The van der Waals surface area contributed by atoms with Crippen molar-refractivity contribution < 1.29 is 19.4 Å². The van der Waals surface area contributed by atoms with Gasteiger partial charge in [-0.2, -0.15) is 0 Å². The summed E-state index contributed by atoms with van der Waals surface area (Å²) in [5.41, 5.74) is 2.83. The van der Waals surface area contributed by atoms with E-state index in [0.717, 1.165) is 16.7 Å². The molecule has 0 aromatic heterocycles. The molecule has 0 saturated carbocycles. The molecule has 0 fully saturated rings. The van der Waals surface area contributed by atoms with E-state index in [1.807, 2.05) is 42.5 Å². The van der Waals surface area contributed by atoms with Crippen LogP contribution in [0.5, 0.6) is 11.5 Å². The largest absolute Gasteiger partial charge is 0.493 e. The molecule has 1 amide bonds. The summed E-state index contributed by atoms with van der Waals surface area (Å²) < 4.78 is 10.8. The van der Waals surface area contributed by atoms with E-state index in [1.165, 1.54) is 0 Å². The number of benzene rings is 2. The monoisotopic (exact) mass is 367 g/mol. The van der Waals surface area contributed by atoms with Crippen LogP contribution >= 0.6 is 0 Å². The topological polar surface area (TPSA) is 59.0 Å². The van der Waals surface area contributed by atoms with Gasteiger partial charge in [-0.3, -0.25) is 4.79 Å². The molecule has 142 valence electrons. The number of amides is 1. The zero-order chi connectivity index (χ0) is 19.4. The number of carbonyl (C=O) groups excluding carboxylic acids is 1. The van der Waals surface area contributed by atoms with Crippen LogP contribution in [0.3, 0.4) is 0 Å². The molecular formula is C22H25NO4. The van der Waals surface area contributed by atoms with Gasteiger partial charge in [-0.15, -0.1) is 6.58 Å². The van der Waals surface area contributed by atoms with Gasteiger partial charge in [0.2, 0.25) is 5.91 Å². The Morgan fingerprint density at radius 3 is 2.48 bits per heavy atom. The highest BCUT2D eigenvalue weighted by Crippen LogP contribution is 2.43. The summed E-state index contributed by atoms with van der Waals surface area (Å²) in [6.45, 7) is 3.72. The molecule has 0 saturated heterocycles. The van der Waals surface area contributed by atoms with Crippen molar-refractivity contribution in [1.82, 2.24) is 4.90 Å². The lowest BCUT2D eigenvalue weighted by Gasteiger charge is -2.42. The first-order chi connectivity index (χ1) is 13.1. The molecule has 0 radical (unpaired) electrons. The van der Waals surface area contributed by atoms with Gasteiger partial charge < -0.3 is 19.5 Å². The van der Waals surface area contributed by atoms with E-state index in [9.17, 15) is 9.90 Å². The first-order valence-electron chi connectivity index (χ1n) is 8.97. The van der Waals surface area contributed by atoms with Gasteiger partial charge in [0.25, 0.3) is 0 Å². The van der Waals surface area contributed by atoms with Crippen LogP contribution in [-0.2, 0) is 11.2 Å². The Morgan fingerprint density at radius 1 is 1.22 bits per heavy atom. The van der Waals surface area contributed by atoms with E-state index in [1.54, 1.807) is 25.2 Å². The van der Waals surface area contributed by atoms with Gasteiger partial charge in [-0.05, 0) is 35.2 Å². The van der Waals surface area contributed by atoms with Gasteiger partial charge in [0.1, 0.15) is 0 Å². The van der Waals surface area contributed by atoms with Crippen LogP contribution in [0.25, 0.3) is 0 Å². The van der Waals surface area contributed by atoms with Crippen molar-refractivity contribution in [3.8, 4) is 11.5 Å². The fourth-order valence-electron chi connectivity index (χ4n) is 3.80. The van der Waals surface area contributed by atoms with Gasteiger partial charge >= 0.3 is 0 Å². The molecule has 1 N–H and O–H groups in total. The Balaban J connectivity index is 2.10. The highest BCUT2D eigenvalue weighted by molar-refractivity contribution is 5.83. The second-order valence-corrected chi connectivity index (χ2v) is 6.53. The van der Waals surface area contributed by atoms with Gasteiger partial charge in [-0.1, -0.05) is 36.4 Å². The second-order valence-electron chi connectivity index (χ2n) is 6.53. The van der Waals surface area contributed by atoms with Gasteiger partial charge in [-0.25, -0.2) is 0 Å². The number of carbonyl (C=O) groups is 1. The van der Waals surface area contributed by atoms with Crippen LogP contribution in [-0.4, -0.2) is 36.7 Å². The van der Waals surface area contributed by atoms with Crippen molar-refractivity contribution in [2.24, 2.45) is 0 Å². The smallest absolute Gasteiger partial charge is 0.228 e. The van der Waals surface area contributed by atoms with Crippen molar-refractivity contribution in [2.45, 2.75) is 24.9 Å². The molecule has 0 spiro atoms. The number of methoxy groups -OCH3 is 2. The standard InChI is InChI=1S/C22H25NO4/c1-4-8-18-17-13-21(27-3)20(26-2)11-16(17)12-22(25)23(18)19(14-24)15-9-6-5-7-10-15/h4-7,9-11,13,18-19,24H,1,8,12,14H2,2-3H3/t18-,19-/m0/s1. The Bertz CT molecular complexity index is 819. The highest BCUT2D eigenvalue weighted by Gasteiger charge is 2.37. The lowest BCUT2D eigenvalue weighted by atomic mass is 9.87. The maximum Gasteiger partial charge on any atom is 0.228 e. The summed E-state index contributed by atoms with van der Waals surface area (Å²) in [5, 5.41) is 10.1. The molecule has 1 aliphatic heterocycles. The Hall–Kier alpha value is -2.79. The Kier molecular flexibility index (Phi) is 5.81. The highest BCUT2D eigenvalue weighted by atomic mass is 16.5. The number of ether oxygens (including phenoxy) is 2. The van der Waals surface area contributed by atoms with Crippen molar-refractivity contribution >= 4 is 5.91 Å². The number of aliphatic hydroxyl groups excluding tert-OH is 1. The molecule has 2 atom stereocenters. The van der Waals surface area contributed by atoms with Crippen LogP contribution in [0.2, 0.25) is 0 Å². The number of aliphatic hydroxyl groups is 1. The average molecular weight is 367 g/mol. The van der Waals surface area contributed by atoms with Crippen LogP contribution in [0.4, 0.5) is 0 Å². The van der Waals surface area contributed by atoms with Crippen LogP contribution in [0.1, 0.15) is 35.2 Å². The van der Waals surface area contributed by atoms with E-state index in [2.05, 4.69) is 6.58 Å². The minimum Gasteiger partial charge on any atom is -0.493 e. The van der Waals surface area contributed by atoms with Gasteiger partial charge in [0, 0.05) is 0 Å². The fourth-order valence-corrected chi connectivity index (χ4v) is 3.80. The molecule has 1 aliphatic rings. The van der Waals surface area contributed by atoms with Crippen molar-refractivity contribution in [3.05, 3.63) is 71.8 Å².